The van der Waals surface area contributed by atoms with Crippen LogP contribution in [0.1, 0.15) is 16.7 Å². The predicted octanol–water partition coefficient (Wildman–Crippen LogP) is 5.26. The lowest BCUT2D eigenvalue weighted by Gasteiger charge is -2.18. The zero-order valence-corrected chi connectivity index (χ0v) is 15.4. The molecule has 0 atom stereocenters. The van der Waals surface area contributed by atoms with Crippen LogP contribution in [0.2, 0.25) is 0 Å². The number of hydrogen-bond acceptors (Lipinski definition) is 0. The van der Waals surface area contributed by atoms with Crippen LogP contribution >= 0.6 is 0 Å². The largest absolute Gasteiger partial charge is 0.416 e. The van der Waals surface area contributed by atoms with Crippen molar-refractivity contribution >= 4 is 23.1 Å². The van der Waals surface area contributed by atoms with Crippen LogP contribution in [0.3, 0.4) is 0 Å². The zero-order valence-electron chi connectivity index (χ0n) is 15.4. The van der Waals surface area contributed by atoms with Gasteiger partial charge in [-0.15, -0.1) is 0 Å². The Labute approximate surface area is 171 Å². The van der Waals surface area contributed by atoms with Gasteiger partial charge in [0.1, 0.15) is 0 Å². The van der Waals surface area contributed by atoms with Crippen molar-refractivity contribution in [2.75, 3.05) is 0 Å². The average Bonchev–Trinajstić information content (AvgIpc) is 2.67. The summed E-state index contributed by atoms with van der Waals surface area (Å²) in [7, 11) is 0. The first-order valence-electron chi connectivity index (χ1n) is 8.78. The topological polar surface area (TPSA) is 0 Å². The molecule has 0 unspecified atom stereocenters. The third kappa shape index (κ3) is 5.23. The smallest absolute Gasteiger partial charge is 0.166 e. The van der Waals surface area contributed by atoms with Crippen LogP contribution in [-0.2, 0) is 18.5 Å². The van der Waals surface area contributed by atoms with Crippen LogP contribution < -0.4 is 16.4 Å². The summed E-state index contributed by atoms with van der Waals surface area (Å²) in [4.78, 5) is 0. The highest BCUT2D eigenvalue weighted by Gasteiger charge is 2.34. The molecule has 0 aliphatic carbocycles. The summed E-state index contributed by atoms with van der Waals surface area (Å²) in [6, 6.07) is 11.8. The van der Waals surface area contributed by atoms with E-state index in [1.54, 1.807) is 0 Å². The number of benzene rings is 3. The fourth-order valence-corrected chi connectivity index (χ4v) is 3.17. The Hall–Kier alpha value is -2.91. The van der Waals surface area contributed by atoms with Gasteiger partial charge in [0.05, 0.1) is 16.7 Å². The van der Waals surface area contributed by atoms with Crippen molar-refractivity contribution in [2.24, 2.45) is 0 Å². The van der Waals surface area contributed by atoms with E-state index in [-0.39, 0.29) is 16.4 Å². The summed E-state index contributed by atoms with van der Waals surface area (Å²) >= 11 is 0. The molecule has 0 radical (unpaired) electrons. The van der Waals surface area contributed by atoms with Crippen LogP contribution in [0.4, 0.5) is 39.5 Å². The zero-order chi connectivity index (χ0) is 23.0. The maximum absolute atomic E-state index is 12.9. The fourth-order valence-electron chi connectivity index (χ4n) is 3.17. The summed E-state index contributed by atoms with van der Waals surface area (Å²) in [5, 5.41) is 0. The van der Waals surface area contributed by atoms with E-state index in [9.17, 15) is 39.5 Å². The molecule has 0 aliphatic heterocycles. The van der Waals surface area contributed by atoms with E-state index in [0.717, 1.165) is 72.8 Å². The van der Waals surface area contributed by atoms with E-state index in [4.69, 9.17) is 0 Å². The minimum absolute atomic E-state index is 0.285. The first kappa shape index (κ1) is 22.8. The van der Waals surface area contributed by atoms with E-state index in [2.05, 4.69) is 0 Å². The molecule has 3 rings (SSSR count). The second-order valence-corrected chi connectivity index (χ2v) is 6.79. The molecule has 0 bridgehead atoms. The highest BCUT2D eigenvalue weighted by molar-refractivity contribution is 6.95. The van der Waals surface area contributed by atoms with Gasteiger partial charge < -0.3 is 0 Å². The van der Waals surface area contributed by atoms with Crippen LogP contribution in [0, 0.1) is 0 Å². The summed E-state index contributed by atoms with van der Waals surface area (Å²) in [5.74, 6) is 0. The molecule has 31 heavy (non-hydrogen) atoms. The van der Waals surface area contributed by atoms with Gasteiger partial charge in [-0.1, -0.05) is 89.2 Å². The van der Waals surface area contributed by atoms with Crippen LogP contribution in [0.5, 0.6) is 0 Å². The maximum Gasteiger partial charge on any atom is 0.416 e. The standard InChI is InChI=1S/C21H12BF9/c23-19(24,25)13-1-7-16(8-2-13)22(17-9-3-14(4-10-17)20(26,27)28)18-11-5-15(6-12-18)21(29,30)31/h1-12H. The second-order valence-electron chi connectivity index (χ2n) is 6.79. The van der Waals surface area contributed by atoms with Gasteiger partial charge in [-0.2, -0.15) is 39.5 Å². The monoisotopic (exact) mass is 446 g/mol. The Balaban J connectivity index is 2.08. The summed E-state index contributed by atoms with van der Waals surface area (Å²) in [6.07, 6.45) is -13.8. The van der Waals surface area contributed by atoms with Gasteiger partial charge in [0.15, 0.2) is 0 Å². The molecule has 0 fully saturated rings. The SMILES string of the molecule is FC(F)(F)c1ccc(B(c2ccc(C(F)(F)F)cc2)c2ccc(C(F)(F)F)cc2)cc1. The summed E-state index contributed by atoms with van der Waals surface area (Å²) in [6.45, 7) is -0.869. The lowest BCUT2D eigenvalue weighted by atomic mass is 9.37. The maximum atomic E-state index is 12.9. The third-order valence-electron chi connectivity index (χ3n) is 4.71. The van der Waals surface area contributed by atoms with E-state index < -0.39 is 41.9 Å². The molecule has 0 spiro atoms. The molecule has 0 saturated carbocycles. The molecule has 162 valence electrons. The van der Waals surface area contributed by atoms with Crippen molar-refractivity contribution < 1.29 is 39.5 Å². The molecule has 3 aromatic carbocycles. The Morgan fingerprint density at radius 1 is 0.355 bits per heavy atom. The second kappa shape index (κ2) is 7.98. The molecule has 0 saturated heterocycles. The Kier molecular flexibility index (Phi) is 5.86. The third-order valence-corrected chi connectivity index (χ3v) is 4.71. The van der Waals surface area contributed by atoms with Gasteiger partial charge in [0.2, 0.25) is 6.71 Å². The van der Waals surface area contributed by atoms with E-state index in [1.807, 2.05) is 0 Å². The molecule has 0 heterocycles. The number of rotatable bonds is 3. The average molecular weight is 446 g/mol. The fraction of sp³-hybridized carbons (Fsp3) is 0.143. The Morgan fingerprint density at radius 3 is 0.710 bits per heavy atom. The van der Waals surface area contributed by atoms with Gasteiger partial charge in [-0.3, -0.25) is 0 Å². The molecule has 0 nitrogen and oxygen atoms in total. The van der Waals surface area contributed by atoms with Crippen molar-refractivity contribution in [2.45, 2.75) is 18.5 Å². The minimum atomic E-state index is -4.59. The number of halogens is 9. The van der Waals surface area contributed by atoms with Crippen molar-refractivity contribution in [1.29, 1.82) is 0 Å². The number of hydrogen-bond donors (Lipinski definition) is 0. The van der Waals surface area contributed by atoms with Crippen LogP contribution in [-0.4, -0.2) is 6.71 Å². The first-order valence-corrected chi connectivity index (χ1v) is 8.78. The van der Waals surface area contributed by atoms with Gasteiger partial charge in [0, 0.05) is 0 Å². The summed E-state index contributed by atoms with van der Waals surface area (Å²) < 4.78 is 116. The van der Waals surface area contributed by atoms with Crippen molar-refractivity contribution in [3.63, 3.8) is 0 Å². The van der Waals surface area contributed by atoms with Gasteiger partial charge in [0.25, 0.3) is 0 Å². The Morgan fingerprint density at radius 2 is 0.548 bits per heavy atom. The summed E-state index contributed by atoms with van der Waals surface area (Å²) in [5.41, 5.74) is -1.91. The predicted molar refractivity (Wildman–Crippen MR) is 99.0 cm³/mol. The van der Waals surface area contributed by atoms with E-state index in [0.29, 0.717) is 0 Å². The molecule has 0 amide bonds. The lowest BCUT2D eigenvalue weighted by Crippen LogP contribution is -2.52. The van der Waals surface area contributed by atoms with Crippen molar-refractivity contribution in [1.82, 2.24) is 0 Å². The molecular formula is C21H12BF9. The van der Waals surface area contributed by atoms with E-state index in [1.165, 1.54) is 0 Å². The molecule has 0 aromatic heterocycles. The molecule has 0 aliphatic rings. The van der Waals surface area contributed by atoms with Crippen molar-refractivity contribution in [3.05, 3.63) is 89.5 Å². The first-order chi connectivity index (χ1) is 14.3. The molecule has 3 aromatic rings. The Bertz CT molecular complexity index is 877. The normalized spacial score (nSPS) is 12.7. The van der Waals surface area contributed by atoms with E-state index >= 15 is 0 Å². The number of alkyl halides is 9. The van der Waals surface area contributed by atoms with Crippen LogP contribution in [0.25, 0.3) is 0 Å². The minimum Gasteiger partial charge on any atom is -0.166 e. The highest BCUT2D eigenvalue weighted by atomic mass is 19.4. The van der Waals surface area contributed by atoms with Gasteiger partial charge >= 0.3 is 18.5 Å². The van der Waals surface area contributed by atoms with Crippen molar-refractivity contribution in [3.8, 4) is 0 Å². The quantitative estimate of drug-likeness (QED) is 0.381. The molecule has 10 heteroatoms. The molecule has 0 N–H and O–H groups in total. The highest BCUT2D eigenvalue weighted by Crippen LogP contribution is 2.30. The molecular weight excluding hydrogens is 434 g/mol. The van der Waals surface area contributed by atoms with Gasteiger partial charge in [-0.25, -0.2) is 0 Å². The lowest BCUT2D eigenvalue weighted by molar-refractivity contribution is -0.138. The van der Waals surface area contributed by atoms with Gasteiger partial charge in [-0.05, 0) is 0 Å². The van der Waals surface area contributed by atoms with Crippen LogP contribution in [0.15, 0.2) is 72.8 Å².